The highest BCUT2D eigenvalue weighted by atomic mass is 127. The van der Waals surface area contributed by atoms with Crippen LogP contribution in [0.5, 0.6) is 11.5 Å². The smallest absolute Gasteiger partial charge is 0.188 e. The number of nitrogens with two attached hydrogens (primary N) is 1. The molecule has 3 rings (SSSR count). The van der Waals surface area contributed by atoms with Crippen molar-refractivity contribution in [3.8, 4) is 11.5 Å². The number of halogens is 2. The maximum absolute atomic E-state index is 14.5. The molecule has 0 spiro atoms. The summed E-state index contributed by atoms with van der Waals surface area (Å²) in [5.74, 6) is 1.47. The van der Waals surface area contributed by atoms with Gasteiger partial charge in [-0.25, -0.2) is 9.38 Å². The van der Waals surface area contributed by atoms with Crippen molar-refractivity contribution in [1.82, 2.24) is 5.32 Å². The van der Waals surface area contributed by atoms with Crippen LogP contribution in [-0.4, -0.2) is 53.0 Å². The molecule has 0 aliphatic carbocycles. The Kier molecular flexibility index (Phi) is 10.1. The van der Waals surface area contributed by atoms with Gasteiger partial charge in [0, 0.05) is 19.6 Å². The molecule has 7 nitrogen and oxygen atoms in total. The third-order valence-corrected chi connectivity index (χ3v) is 4.96. The van der Waals surface area contributed by atoms with Crippen molar-refractivity contribution in [1.29, 1.82) is 0 Å². The van der Waals surface area contributed by atoms with E-state index in [-0.39, 0.29) is 29.8 Å². The van der Waals surface area contributed by atoms with E-state index in [2.05, 4.69) is 10.3 Å². The zero-order valence-electron chi connectivity index (χ0n) is 17.9. The van der Waals surface area contributed by atoms with Crippen LogP contribution >= 0.6 is 24.0 Å². The minimum Gasteiger partial charge on any atom is -0.493 e. The van der Waals surface area contributed by atoms with Gasteiger partial charge in [0.25, 0.3) is 0 Å². The second kappa shape index (κ2) is 12.6. The van der Waals surface area contributed by atoms with Crippen LogP contribution in [-0.2, 0) is 17.7 Å². The number of rotatable bonds is 8. The average molecular weight is 544 g/mol. The van der Waals surface area contributed by atoms with Crippen molar-refractivity contribution in [3.05, 3.63) is 53.3 Å². The number of hydrogen-bond donors (Lipinski definition) is 2. The van der Waals surface area contributed by atoms with Gasteiger partial charge in [-0.1, -0.05) is 12.1 Å². The lowest BCUT2D eigenvalue weighted by Gasteiger charge is -2.29. The Labute approximate surface area is 199 Å². The van der Waals surface area contributed by atoms with Gasteiger partial charge in [-0.05, 0) is 41.8 Å². The van der Waals surface area contributed by atoms with Crippen molar-refractivity contribution in [2.45, 2.75) is 13.0 Å². The van der Waals surface area contributed by atoms with E-state index in [9.17, 15) is 4.39 Å². The van der Waals surface area contributed by atoms with Gasteiger partial charge in [0.2, 0.25) is 0 Å². The fourth-order valence-electron chi connectivity index (χ4n) is 3.31. The molecule has 1 aliphatic rings. The van der Waals surface area contributed by atoms with Gasteiger partial charge in [-0.2, -0.15) is 0 Å². The summed E-state index contributed by atoms with van der Waals surface area (Å²) in [6.45, 7) is 3.58. The SMILES string of the molecule is COc1ccc(CCNC(N)=NCc2ccc(N3CCOCC3)c(F)c2)cc1OC.I. The molecule has 9 heteroatoms. The second-order valence-corrected chi connectivity index (χ2v) is 6.95. The van der Waals surface area contributed by atoms with E-state index in [1.165, 1.54) is 6.07 Å². The molecule has 0 aromatic heterocycles. The summed E-state index contributed by atoms with van der Waals surface area (Å²) < 4.78 is 30.3. The van der Waals surface area contributed by atoms with Gasteiger partial charge in [0.15, 0.2) is 17.5 Å². The second-order valence-electron chi connectivity index (χ2n) is 6.95. The number of benzene rings is 2. The van der Waals surface area contributed by atoms with E-state index < -0.39 is 0 Å². The molecule has 0 unspecified atom stereocenters. The zero-order valence-corrected chi connectivity index (χ0v) is 20.2. The summed E-state index contributed by atoms with van der Waals surface area (Å²) in [5.41, 5.74) is 8.42. The predicted molar refractivity (Wildman–Crippen MR) is 131 cm³/mol. The molecule has 2 aromatic rings. The van der Waals surface area contributed by atoms with E-state index in [1.54, 1.807) is 20.3 Å². The first-order valence-electron chi connectivity index (χ1n) is 9.96. The summed E-state index contributed by atoms with van der Waals surface area (Å²) in [7, 11) is 3.22. The molecule has 170 valence electrons. The number of nitrogens with one attached hydrogen (secondary N) is 1. The van der Waals surface area contributed by atoms with E-state index in [1.807, 2.05) is 29.2 Å². The number of nitrogens with zero attached hydrogens (tertiary/aromatic N) is 2. The van der Waals surface area contributed by atoms with Gasteiger partial charge >= 0.3 is 0 Å². The van der Waals surface area contributed by atoms with Crippen LogP contribution < -0.4 is 25.4 Å². The molecule has 0 bridgehead atoms. The number of ether oxygens (including phenoxy) is 3. The van der Waals surface area contributed by atoms with Gasteiger partial charge in [-0.15, -0.1) is 24.0 Å². The molecule has 0 saturated carbocycles. The first kappa shape index (κ1) is 25.0. The number of morpholine rings is 1. The third-order valence-electron chi connectivity index (χ3n) is 4.96. The molecule has 1 saturated heterocycles. The van der Waals surface area contributed by atoms with Gasteiger partial charge in [0.1, 0.15) is 5.82 Å². The van der Waals surface area contributed by atoms with Crippen molar-refractivity contribution in [2.24, 2.45) is 10.7 Å². The standard InChI is InChI=1S/C22H29FN4O3.HI/c1-28-20-6-4-16(14-21(20)29-2)7-8-25-22(24)26-15-17-3-5-19(18(23)13-17)27-9-11-30-12-10-27;/h3-6,13-14H,7-12,15H2,1-2H3,(H3,24,25,26);1H. The van der Waals surface area contributed by atoms with Gasteiger partial charge in [-0.3, -0.25) is 0 Å². The Morgan fingerprint density at radius 2 is 1.81 bits per heavy atom. The van der Waals surface area contributed by atoms with E-state index in [0.717, 1.165) is 17.5 Å². The fourth-order valence-corrected chi connectivity index (χ4v) is 3.31. The first-order valence-corrected chi connectivity index (χ1v) is 9.96. The predicted octanol–water partition coefficient (Wildman–Crippen LogP) is 2.94. The summed E-state index contributed by atoms with van der Waals surface area (Å²) in [6, 6.07) is 11.0. The Morgan fingerprint density at radius 1 is 1.10 bits per heavy atom. The molecule has 1 aliphatic heterocycles. The number of aliphatic imine (C=N–C) groups is 1. The number of anilines is 1. The van der Waals surface area contributed by atoms with E-state index in [0.29, 0.717) is 62.5 Å². The maximum Gasteiger partial charge on any atom is 0.188 e. The Hall–Kier alpha value is -2.27. The van der Waals surface area contributed by atoms with Gasteiger partial charge in [0.05, 0.1) is 39.7 Å². The highest BCUT2D eigenvalue weighted by molar-refractivity contribution is 14.0. The minimum atomic E-state index is -0.246. The normalized spacial score (nSPS) is 14.0. The van der Waals surface area contributed by atoms with Crippen LogP contribution in [0.1, 0.15) is 11.1 Å². The lowest BCUT2D eigenvalue weighted by atomic mass is 10.1. The van der Waals surface area contributed by atoms with Crippen molar-refractivity contribution < 1.29 is 18.6 Å². The lowest BCUT2D eigenvalue weighted by Crippen LogP contribution is -2.36. The van der Waals surface area contributed by atoms with Crippen LogP contribution in [0.2, 0.25) is 0 Å². The maximum atomic E-state index is 14.5. The summed E-state index contributed by atoms with van der Waals surface area (Å²) in [5, 5.41) is 3.08. The number of hydrogen-bond acceptors (Lipinski definition) is 5. The highest BCUT2D eigenvalue weighted by Gasteiger charge is 2.15. The van der Waals surface area contributed by atoms with Crippen molar-refractivity contribution in [2.75, 3.05) is 52.0 Å². The molecule has 0 atom stereocenters. The molecule has 31 heavy (non-hydrogen) atoms. The van der Waals surface area contributed by atoms with Crippen LogP contribution in [0.3, 0.4) is 0 Å². The fraction of sp³-hybridized carbons (Fsp3) is 0.409. The van der Waals surface area contributed by atoms with Crippen LogP contribution in [0.4, 0.5) is 10.1 Å². The van der Waals surface area contributed by atoms with Crippen LogP contribution in [0, 0.1) is 5.82 Å². The van der Waals surface area contributed by atoms with E-state index >= 15 is 0 Å². The summed E-state index contributed by atoms with van der Waals surface area (Å²) in [4.78, 5) is 6.30. The monoisotopic (exact) mass is 544 g/mol. The van der Waals surface area contributed by atoms with Crippen LogP contribution in [0.25, 0.3) is 0 Å². The molecule has 0 amide bonds. The Bertz CT molecular complexity index is 876. The molecular formula is C22H30FIN4O3. The Morgan fingerprint density at radius 3 is 2.48 bits per heavy atom. The molecule has 2 aromatic carbocycles. The van der Waals surface area contributed by atoms with Gasteiger partial charge < -0.3 is 30.2 Å². The highest BCUT2D eigenvalue weighted by Crippen LogP contribution is 2.27. The first-order chi connectivity index (χ1) is 14.6. The van der Waals surface area contributed by atoms with Crippen LogP contribution in [0.15, 0.2) is 41.4 Å². The molecular weight excluding hydrogens is 514 g/mol. The summed E-state index contributed by atoms with van der Waals surface area (Å²) in [6.07, 6.45) is 0.749. The molecule has 1 fully saturated rings. The average Bonchev–Trinajstić information content (AvgIpc) is 2.78. The zero-order chi connectivity index (χ0) is 21.3. The summed E-state index contributed by atoms with van der Waals surface area (Å²) >= 11 is 0. The molecule has 0 radical (unpaired) electrons. The number of guanidine groups is 1. The molecule has 1 heterocycles. The topological polar surface area (TPSA) is 81.3 Å². The van der Waals surface area contributed by atoms with Crippen molar-refractivity contribution in [3.63, 3.8) is 0 Å². The van der Waals surface area contributed by atoms with E-state index in [4.69, 9.17) is 19.9 Å². The number of methoxy groups -OCH3 is 2. The quantitative estimate of drug-likeness (QED) is 0.302. The Balaban J connectivity index is 0.00000341. The van der Waals surface area contributed by atoms with Crippen molar-refractivity contribution >= 4 is 35.6 Å². The molecule has 3 N–H and O–H groups in total. The third kappa shape index (κ3) is 7.13. The minimum absolute atomic E-state index is 0. The largest absolute Gasteiger partial charge is 0.493 e. The lowest BCUT2D eigenvalue weighted by molar-refractivity contribution is 0.122.